The molecule has 2 heterocycles. The summed E-state index contributed by atoms with van der Waals surface area (Å²) in [6.45, 7) is 4.95. The Labute approximate surface area is 95.5 Å². The van der Waals surface area contributed by atoms with Crippen LogP contribution in [0.5, 0.6) is 0 Å². The molecule has 0 saturated heterocycles. The summed E-state index contributed by atoms with van der Waals surface area (Å²) in [4.78, 5) is 4.31. The van der Waals surface area contributed by atoms with Crippen molar-refractivity contribution in [1.82, 2.24) is 10.3 Å². The van der Waals surface area contributed by atoms with Gasteiger partial charge < -0.3 is 9.73 Å². The molecule has 0 aliphatic rings. The lowest BCUT2D eigenvalue weighted by molar-refractivity contribution is 0.451. The van der Waals surface area contributed by atoms with Crippen molar-refractivity contribution in [2.24, 2.45) is 0 Å². The van der Waals surface area contributed by atoms with E-state index in [0.29, 0.717) is 0 Å². The highest BCUT2D eigenvalue weighted by molar-refractivity contribution is 5.25. The highest BCUT2D eigenvalue weighted by Crippen LogP contribution is 2.21. The molecule has 0 aromatic carbocycles. The molecule has 1 atom stereocenters. The number of furan rings is 1. The molecule has 0 spiro atoms. The van der Waals surface area contributed by atoms with Crippen molar-refractivity contribution in [3.05, 3.63) is 53.7 Å². The Morgan fingerprint density at radius 1 is 1.38 bits per heavy atom. The number of aromatic nitrogens is 1. The standard InChI is InChI=1S/C13H16N2O/c1-3-14-13(12-5-4-8-16-12)11-7-6-10(2)15-9-11/h4-9,13-14H,3H2,1-2H3. The number of rotatable bonds is 4. The van der Waals surface area contributed by atoms with Crippen LogP contribution >= 0.6 is 0 Å². The highest BCUT2D eigenvalue weighted by atomic mass is 16.3. The van der Waals surface area contributed by atoms with Crippen LogP contribution in [0.25, 0.3) is 0 Å². The number of hydrogen-bond acceptors (Lipinski definition) is 3. The van der Waals surface area contributed by atoms with Crippen LogP contribution in [0.15, 0.2) is 41.1 Å². The van der Waals surface area contributed by atoms with Gasteiger partial charge in [0.25, 0.3) is 0 Å². The molecule has 0 amide bonds. The number of nitrogens with zero attached hydrogens (tertiary/aromatic N) is 1. The first-order valence-corrected chi connectivity index (χ1v) is 5.50. The molecule has 0 radical (unpaired) electrons. The fraction of sp³-hybridized carbons (Fsp3) is 0.308. The van der Waals surface area contributed by atoms with E-state index in [1.165, 1.54) is 0 Å². The van der Waals surface area contributed by atoms with E-state index < -0.39 is 0 Å². The van der Waals surface area contributed by atoms with Gasteiger partial charge in [-0.1, -0.05) is 13.0 Å². The Hall–Kier alpha value is -1.61. The Bertz CT molecular complexity index is 420. The summed E-state index contributed by atoms with van der Waals surface area (Å²) in [6.07, 6.45) is 3.59. The lowest BCUT2D eigenvalue weighted by Gasteiger charge is -2.15. The molecule has 1 N–H and O–H groups in total. The van der Waals surface area contributed by atoms with Gasteiger partial charge in [0.2, 0.25) is 0 Å². The predicted molar refractivity (Wildman–Crippen MR) is 63.2 cm³/mol. The summed E-state index contributed by atoms with van der Waals surface area (Å²) >= 11 is 0. The van der Waals surface area contributed by atoms with Gasteiger partial charge in [-0.2, -0.15) is 0 Å². The first-order valence-electron chi connectivity index (χ1n) is 5.50. The Morgan fingerprint density at radius 3 is 2.81 bits per heavy atom. The minimum atomic E-state index is 0.0908. The zero-order valence-corrected chi connectivity index (χ0v) is 9.60. The van der Waals surface area contributed by atoms with E-state index in [4.69, 9.17) is 4.42 Å². The van der Waals surface area contributed by atoms with Crippen molar-refractivity contribution in [3.63, 3.8) is 0 Å². The van der Waals surface area contributed by atoms with Crippen LogP contribution in [-0.2, 0) is 0 Å². The molecule has 2 aromatic rings. The third-order valence-corrected chi connectivity index (χ3v) is 2.50. The number of aryl methyl sites for hydroxylation is 1. The van der Waals surface area contributed by atoms with E-state index >= 15 is 0 Å². The zero-order chi connectivity index (χ0) is 11.4. The summed E-state index contributed by atoms with van der Waals surface area (Å²) in [6, 6.07) is 8.07. The van der Waals surface area contributed by atoms with E-state index in [-0.39, 0.29) is 6.04 Å². The fourth-order valence-corrected chi connectivity index (χ4v) is 1.69. The second-order valence-electron chi connectivity index (χ2n) is 3.74. The Kier molecular flexibility index (Phi) is 3.37. The maximum atomic E-state index is 5.44. The molecule has 84 valence electrons. The molecule has 3 heteroatoms. The first kappa shape index (κ1) is 10.9. The number of nitrogens with one attached hydrogen (secondary N) is 1. The fourth-order valence-electron chi connectivity index (χ4n) is 1.69. The summed E-state index contributed by atoms with van der Waals surface area (Å²) < 4.78 is 5.44. The normalized spacial score (nSPS) is 12.6. The largest absolute Gasteiger partial charge is 0.467 e. The number of pyridine rings is 1. The van der Waals surface area contributed by atoms with Crippen LogP contribution < -0.4 is 5.32 Å². The van der Waals surface area contributed by atoms with E-state index in [1.54, 1.807) is 6.26 Å². The predicted octanol–water partition coefficient (Wildman–Crippen LogP) is 2.68. The van der Waals surface area contributed by atoms with Gasteiger partial charge in [0.05, 0.1) is 12.3 Å². The van der Waals surface area contributed by atoms with Gasteiger partial charge in [0, 0.05) is 11.9 Å². The molecular formula is C13H16N2O. The lowest BCUT2D eigenvalue weighted by atomic mass is 10.1. The lowest BCUT2D eigenvalue weighted by Crippen LogP contribution is -2.21. The van der Waals surface area contributed by atoms with Crippen LogP contribution in [0.1, 0.15) is 30.0 Å². The van der Waals surface area contributed by atoms with E-state index in [2.05, 4.69) is 23.3 Å². The molecular weight excluding hydrogens is 200 g/mol. The third-order valence-electron chi connectivity index (χ3n) is 2.50. The van der Waals surface area contributed by atoms with Gasteiger partial charge in [0.1, 0.15) is 5.76 Å². The third kappa shape index (κ3) is 2.31. The first-order chi connectivity index (χ1) is 7.81. The van der Waals surface area contributed by atoms with Crippen molar-refractivity contribution < 1.29 is 4.42 Å². The Morgan fingerprint density at radius 2 is 2.25 bits per heavy atom. The minimum absolute atomic E-state index is 0.0908. The molecule has 3 nitrogen and oxygen atoms in total. The van der Waals surface area contributed by atoms with Crippen LogP contribution in [0.3, 0.4) is 0 Å². The van der Waals surface area contributed by atoms with Gasteiger partial charge in [-0.05, 0) is 37.2 Å². The maximum absolute atomic E-state index is 5.44. The van der Waals surface area contributed by atoms with Crippen LogP contribution in [0, 0.1) is 6.92 Å². The molecule has 0 aliphatic heterocycles. The topological polar surface area (TPSA) is 38.1 Å². The zero-order valence-electron chi connectivity index (χ0n) is 9.60. The van der Waals surface area contributed by atoms with Crippen LogP contribution in [-0.4, -0.2) is 11.5 Å². The summed E-state index contributed by atoms with van der Waals surface area (Å²) in [5, 5.41) is 3.39. The molecule has 1 unspecified atom stereocenters. The number of hydrogen-bond donors (Lipinski definition) is 1. The average Bonchev–Trinajstić information content (AvgIpc) is 2.81. The minimum Gasteiger partial charge on any atom is -0.467 e. The smallest absolute Gasteiger partial charge is 0.125 e. The van der Waals surface area contributed by atoms with Gasteiger partial charge in [-0.15, -0.1) is 0 Å². The summed E-state index contributed by atoms with van der Waals surface area (Å²) in [5.41, 5.74) is 2.15. The van der Waals surface area contributed by atoms with Gasteiger partial charge in [0.15, 0.2) is 0 Å². The van der Waals surface area contributed by atoms with E-state index in [0.717, 1.165) is 23.6 Å². The molecule has 0 fully saturated rings. The SMILES string of the molecule is CCNC(c1ccc(C)nc1)c1ccco1. The monoisotopic (exact) mass is 216 g/mol. The Balaban J connectivity index is 2.29. The van der Waals surface area contributed by atoms with Gasteiger partial charge in [-0.3, -0.25) is 4.98 Å². The van der Waals surface area contributed by atoms with Crippen molar-refractivity contribution in [2.75, 3.05) is 6.54 Å². The van der Waals surface area contributed by atoms with E-state index in [1.807, 2.05) is 31.3 Å². The van der Waals surface area contributed by atoms with E-state index in [9.17, 15) is 0 Å². The molecule has 0 aliphatic carbocycles. The van der Waals surface area contributed by atoms with Crippen LogP contribution in [0.2, 0.25) is 0 Å². The molecule has 0 saturated carbocycles. The quantitative estimate of drug-likeness (QED) is 0.853. The summed E-state index contributed by atoms with van der Waals surface area (Å²) in [5.74, 6) is 0.924. The maximum Gasteiger partial charge on any atom is 0.125 e. The van der Waals surface area contributed by atoms with Gasteiger partial charge >= 0.3 is 0 Å². The summed E-state index contributed by atoms with van der Waals surface area (Å²) in [7, 11) is 0. The average molecular weight is 216 g/mol. The molecule has 2 aromatic heterocycles. The van der Waals surface area contributed by atoms with Crippen molar-refractivity contribution in [1.29, 1.82) is 0 Å². The highest BCUT2D eigenvalue weighted by Gasteiger charge is 2.15. The second kappa shape index (κ2) is 4.94. The molecule has 2 rings (SSSR count). The van der Waals surface area contributed by atoms with Crippen molar-refractivity contribution in [3.8, 4) is 0 Å². The van der Waals surface area contributed by atoms with Crippen molar-refractivity contribution >= 4 is 0 Å². The molecule has 0 bridgehead atoms. The van der Waals surface area contributed by atoms with Gasteiger partial charge in [-0.25, -0.2) is 0 Å². The second-order valence-corrected chi connectivity index (χ2v) is 3.74. The van der Waals surface area contributed by atoms with Crippen molar-refractivity contribution in [2.45, 2.75) is 19.9 Å². The van der Waals surface area contributed by atoms with Crippen LogP contribution in [0.4, 0.5) is 0 Å². The molecule has 16 heavy (non-hydrogen) atoms.